The Hall–Kier alpha value is -5.34. The number of nitrogens with zero attached hydrogens (tertiary/aromatic N) is 2. The predicted molar refractivity (Wildman–Crippen MR) is 196 cm³/mol. The largest absolute Gasteiger partial charge is 0.256 e. The van der Waals surface area contributed by atoms with Crippen molar-refractivity contribution in [1.82, 2.24) is 9.97 Å². The van der Waals surface area contributed by atoms with E-state index in [0.717, 1.165) is 11.4 Å². The SMILES string of the molecule is Cc1ccc2cccccc1-2.Cc1cccc2c(C)ccc-2c1.Cc1cccc2c(C)cnc-2c1.Cc1cnc2cccccc1-2. The molecule has 8 aliphatic rings. The molecular weight excluding hydrogens is 556 g/mol. The Morgan fingerprint density at radius 2 is 0.804 bits per heavy atom. The van der Waals surface area contributed by atoms with Gasteiger partial charge >= 0.3 is 0 Å². The molecule has 0 N–H and O–H groups in total. The van der Waals surface area contributed by atoms with Crippen molar-refractivity contribution in [3.05, 3.63) is 179 Å². The van der Waals surface area contributed by atoms with Gasteiger partial charge in [0.15, 0.2) is 0 Å². The van der Waals surface area contributed by atoms with Gasteiger partial charge in [-0.1, -0.05) is 127 Å². The zero-order chi connectivity index (χ0) is 32.5. The summed E-state index contributed by atoms with van der Waals surface area (Å²) in [6.45, 7) is 12.7. The molecule has 2 heteroatoms. The second kappa shape index (κ2) is 15.1. The summed E-state index contributed by atoms with van der Waals surface area (Å²) in [5.74, 6) is 0. The molecule has 228 valence electrons. The van der Waals surface area contributed by atoms with Gasteiger partial charge in [0.2, 0.25) is 0 Å². The lowest BCUT2D eigenvalue weighted by Crippen LogP contribution is -1.71. The minimum atomic E-state index is 1.08. The minimum Gasteiger partial charge on any atom is -0.256 e. The molecule has 6 aliphatic carbocycles. The van der Waals surface area contributed by atoms with Crippen LogP contribution in [0.4, 0.5) is 0 Å². The summed E-state index contributed by atoms with van der Waals surface area (Å²) in [4.78, 5) is 8.58. The van der Waals surface area contributed by atoms with Crippen LogP contribution in [0.1, 0.15) is 33.4 Å². The molecule has 0 saturated heterocycles. The number of aromatic nitrogens is 2. The van der Waals surface area contributed by atoms with Gasteiger partial charge in [0.25, 0.3) is 0 Å². The van der Waals surface area contributed by atoms with E-state index in [9.17, 15) is 0 Å². The average Bonchev–Trinajstić information content (AvgIpc) is 3.54. The van der Waals surface area contributed by atoms with E-state index in [0.29, 0.717) is 0 Å². The van der Waals surface area contributed by atoms with Crippen molar-refractivity contribution < 1.29 is 0 Å². The van der Waals surface area contributed by atoms with E-state index in [-0.39, 0.29) is 0 Å². The highest BCUT2D eigenvalue weighted by atomic mass is 14.7. The summed E-state index contributed by atoms with van der Waals surface area (Å²) < 4.78 is 0. The molecule has 0 aromatic heterocycles. The highest BCUT2D eigenvalue weighted by Crippen LogP contribution is 2.27. The molecule has 46 heavy (non-hydrogen) atoms. The lowest BCUT2D eigenvalue weighted by atomic mass is 10.1. The molecule has 0 bridgehead atoms. The Kier molecular flexibility index (Phi) is 10.5. The average molecular weight is 599 g/mol. The fourth-order valence-electron chi connectivity index (χ4n) is 5.55. The van der Waals surface area contributed by atoms with Crippen LogP contribution in [0, 0.1) is 41.5 Å². The fourth-order valence-corrected chi connectivity index (χ4v) is 5.55. The number of aryl methyl sites for hydroxylation is 6. The fraction of sp³-hybridized carbons (Fsp3) is 0.136. The van der Waals surface area contributed by atoms with Gasteiger partial charge in [-0.2, -0.15) is 0 Å². The molecular formula is C44H42N2. The van der Waals surface area contributed by atoms with Gasteiger partial charge in [-0.05, 0) is 104 Å². The summed E-state index contributed by atoms with van der Waals surface area (Å²) in [6, 6.07) is 46.4. The van der Waals surface area contributed by atoms with Gasteiger partial charge in [-0.3, -0.25) is 9.97 Å². The van der Waals surface area contributed by atoms with Crippen molar-refractivity contribution in [3.63, 3.8) is 0 Å². The number of hydrogen-bond acceptors (Lipinski definition) is 2. The van der Waals surface area contributed by atoms with Gasteiger partial charge in [-0.15, -0.1) is 0 Å². The van der Waals surface area contributed by atoms with Crippen molar-refractivity contribution in [2.24, 2.45) is 0 Å². The van der Waals surface area contributed by atoms with Gasteiger partial charge in [0.05, 0.1) is 11.4 Å². The summed E-state index contributed by atoms with van der Waals surface area (Å²) in [5, 5.41) is 0. The summed E-state index contributed by atoms with van der Waals surface area (Å²) in [6.07, 6.45) is 3.83. The maximum absolute atomic E-state index is 4.32. The lowest BCUT2D eigenvalue weighted by molar-refractivity contribution is 1.38. The Morgan fingerprint density at radius 1 is 0.326 bits per heavy atom. The summed E-state index contributed by atoms with van der Waals surface area (Å²) in [7, 11) is 0. The zero-order valence-corrected chi connectivity index (χ0v) is 27.8. The molecule has 0 aromatic rings. The van der Waals surface area contributed by atoms with Gasteiger partial charge in [0.1, 0.15) is 0 Å². The maximum Gasteiger partial charge on any atom is 0.0707 e. The molecule has 0 atom stereocenters. The van der Waals surface area contributed by atoms with Crippen molar-refractivity contribution in [2.45, 2.75) is 41.5 Å². The topological polar surface area (TPSA) is 25.8 Å². The zero-order valence-electron chi connectivity index (χ0n) is 27.8. The first-order valence-electron chi connectivity index (χ1n) is 15.8. The molecule has 2 heterocycles. The van der Waals surface area contributed by atoms with Crippen molar-refractivity contribution in [3.8, 4) is 44.8 Å². The molecule has 0 spiro atoms. The molecule has 0 saturated carbocycles. The van der Waals surface area contributed by atoms with E-state index in [4.69, 9.17) is 0 Å². The van der Waals surface area contributed by atoms with Crippen LogP contribution in [0.2, 0.25) is 0 Å². The standard InChI is InChI=1S/C12H12.C11H11N.C11H10.C10H9N/c1-9-4-3-5-12-10(2)6-7-11(12)8-9;1-8-4-3-5-10-9(2)7-12-11(10)6-8;1-9-7-8-10-5-3-2-4-6-11(9)10;1-8-7-11-10-6-4-2-3-5-9(8)10/h3-8H,1-2H3;3-7H,1-2H3;2-8H,1H3;2-7H,1H3. The smallest absolute Gasteiger partial charge is 0.0707 e. The van der Waals surface area contributed by atoms with Crippen LogP contribution in [0.25, 0.3) is 44.8 Å². The van der Waals surface area contributed by atoms with Gasteiger partial charge in [0, 0.05) is 23.5 Å². The van der Waals surface area contributed by atoms with E-state index in [1.165, 1.54) is 66.8 Å². The molecule has 2 nitrogen and oxygen atoms in total. The van der Waals surface area contributed by atoms with E-state index in [1.807, 2.05) is 36.7 Å². The second-order valence-corrected chi connectivity index (χ2v) is 11.9. The molecule has 0 unspecified atom stereocenters. The second-order valence-electron chi connectivity index (χ2n) is 11.9. The third-order valence-corrected chi connectivity index (χ3v) is 8.19. The van der Waals surface area contributed by atoms with Crippen molar-refractivity contribution >= 4 is 0 Å². The minimum absolute atomic E-state index is 1.08. The van der Waals surface area contributed by atoms with Crippen LogP contribution in [0.5, 0.6) is 0 Å². The molecule has 0 fully saturated rings. The first-order chi connectivity index (χ1) is 22.3. The predicted octanol–water partition coefficient (Wildman–Crippen LogP) is 11.8. The molecule has 0 radical (unpaired) electrons. The molecule has 0 amide bonds. The third-order valence-electron chi connectivity index (χ3n) is 8.19. The van der Waals surface area contributed by atoms with Crippen LogP contribution in [-0.2, 0) is 0 Å². The highest BCUT2D eigenvalue weighted by Gasteiger charge is 2.06. The Morgan fingerprint density at radius 3 is 1.50 bits per heavy atom. The Bertz CT molecular complexity index is 1870. The third kappa shape index (κ3) is 8.02. The lowest BCUT2D eigenvalue weighted by Gasteiger charge is -1.92. The summed E-state index contributed by atoms with van der Waals surface area (Å²) >= 11 is 0. The van der Waals surface area contributed by atoms with Crippen LogP contribution >= 0.6 is 0 Å². The van der Waals surface area contributed by atoms with Crippen LogP contribution in [0.3, 0.4) is 0 Å². The van der Waals surface area contributed by atoms with E-state index >= 15 is 0 Å². The maximum atomic E-state index is 4.32. The van der Waals surface area contributed by atoms with Crippen LogP contribution in [-0.4, -0.2) is 9.97 Å². The van der Waals surface area contributed by atoms with E-state index < -0.39 is 0 Å². The first-order valence-corrected chi connectivity index (χ1v) is 15.8. The Labute approximate surface area is 274 Å². The quantitative estimate of drug-likeness (QED) is 0.173. The van der Waals surface area contributed by atoms with Crippen molar-refractivity contribution in [1.29, 1.82) is 0 Å². The highest BCUT2D eigenvalue weighted by molar-refractivity contribution is 5.71. The van der Waals surface area contributed by atoms with E-state index in [2.05, 4.69) is 161 Å². The first kappa shape index (κ1) is 32.1. The number of rotatable bonds is 0. The van der Waals surface area contributed by atoms with E-state index in [1.54, 1.807) is 0 Å². The molecule has 0 aromatic carbocycles. The normalized spacial score (nSPS) is 10.4. The summed E-state index contributed by atoms with van der Waals surface area (Å²) in [5.41, 5.74) is 17.8. The van der Waals surface area contributed by atoms with Crippen LogP contribution in [0.15, 0.2) is 146 Å². The van der Waals surface area contributed by atoms with Crippen molar-refractivity contribution in [2.75, 3.05) is 0 Å². The molecule has 2 aliphatic heterocycles. The Balaban J connectivity index is 0.000000121. The monoisotopic (exact) mass is 598 g/mol. The number of fused-ring (bicyclic) bond motifs is 4. The van der Waals surface area contributed by atoms with Gasteiger partial charge < -0.3 is 0 Å². The van der Waals surface area contributed by atoms with Gasteiger partial charge in [-0.25, -0.2) is 0 Å². The number of hydrogen-bond donors (Lipinski definition) is 0. The van der Waals surface area contributed by atoms with Crippen LogP contribution < -0.4 is 0 Å². The molecule has 8 rings (SSSR count).